The molecule has 0 radical (unpaired) electrons. The monoisotopic (exact) mass is 563 g/mol. The molecule has 2 N–H and O–H groups in total. The molecule has 2 aromatic rings. The van der Waals surface area contributed by atoms with Gasteiger partial charge in [0.2, 0.25) is 0 Å². The van der Waals surface area contributed by atoms with Crippen LogP contribution in [0.1, 0.15) is 49.7 Å². The summed E-state index contributed by atoms with van der Waals surface area (Å²) < 4.78 is 64.2. The van der Waals surface area contributed by atoms with E-state index in [2.05, 4.69) is 10.2 Å². The molecule has 2 heterocycles. The molecule has 12 heteroatoms. The molecule has 3 fully saturated rings. The summed E-state index contributed by atoms with van der Waals surface area (Å²) in [5.74, 6) is 0.851. The fraction of sp³-hybridized carbons (Fsp3) is 0.500. The van der Waals surface area contributed by atoms with Crippen LogP contribution in [0, 0.1) is 0 Å². The van der Waals surface area contributed by atoms with Gasteiger partial charge in [-0.15, -0.1) is 0 Å². The number of nitrogens with one attached hydrogen (secondary N) is 1. The Bertz CT molecular complexity index is 1460. The Morgan fingerprint density at radius 1 is 1.08 bits per heavy atom. The smallest absolute Gasteiger partial charge is 0.322 e. The Balaban J connectivity index is 1.33. The number of carbonyl (C=O) groups is 1. The largest absolute Gasteiger partial charge is 0.494 e. The van der Waals surface area contributed by atoms with E-state index in [1.54, 1.807) is 12.1 Å². The molecule has 38 heavy (non-hydrogen) atoms. The summed E-state index contributed by atoms with van der Waals surface area (Å²) in [5, 5.41) is 3.06. The van der Waals surface area contributed by atoms with Crippen LogP contribution in [-0.2, 0) is 26.5 Å². The van der Waals surface area contributed by atoms with Crippen molar-refractivity contribution >= 4 is 31.7 Å². The summed E-state index contributed by atoms with van der Waals surface area (Å²) in [5.41, 5.74) is 1.47. The second kappa shape index (κ2) is 9.82. The van der Waals surface area contributed by atoms with Crippen molar-refractivity contribution in [2.75, 3.05) is 37.4 Å². The minimum Gasteiger partial charge on any atom is -0.494 e. The Hall–Kier alpha value is -2.67. The number of hydrogen-bond acceptors (Lipinski definition) is 7. The quantitative estimate of drug-likeness (QED) is 0.468. The highest BCUT2D eigenvalue weighted by Crippen LogP contribution is 2.45. The van der Waals surface area contributed by atoms with Crippen molar-refractivity contribution in [3.8, 4) is 5.75 Å². The van der Waals surface area contributed by atoms with E-state index in [1.165, 1.54) is 29.4 Å². The Kier molecular flexibility index (Phi) is 6.95. The van der Waals surface area contributed by atoms with E-state index in [1.807, 2.05) is 13.0 Å². The van der Waals surface area contributed by atoms with Crippen LogP contribution in [-0.4, -0.2) is 70.4 Å². The van der Waals surface area contributed by atoms with Crippen LogP contribution < -0.4 is 15.0 Å². The lowest BCUT2D eigenvalue weighted by Gasteiger charge is -2.39. The lowest BCUT2D eigenvalue weighted by molar-refractivity contribution is 0.149. The summed E-state index contributed by atoms with van der Waals surface area (Å²) in [7, 11) is -7.87. The van der Waals surface area contributed by atoms with E-state index in [0.29, 0.717) is 56.3 Å². The third-order valence-corrected chi connectivity index (χ3v) is 9.68. The van der Waals surface area contributed by atoms with E-state index in [0.717, 1.165) is 24.0 Å². The summed E-state index contributed by atoms with van der Waals surface area (Å²) in [6.07, 6.45) is 4.52. The van der Waals surface area contributed by atoms with Crippen molar-refractivity contribution in [2.24, 2.45) is 0 Å². The van der Waals surface area contributed by atoms with E-state index in [-0.39, 0.29) is 16.5 Å². The maximum Gasteiger partial charge on any atom is 0.322 e. The fourth-order valence-corrected chi connectivity index (χ4v) is 7.21. The maximum absolute atomic E-state index is 12.9. The maximum atomic E-state index is 12.9. The molecule has 1 saturated carbocycles. The van der Waals surface area contributed by atoms with Crippen molar-refractivity contribution < 1.29 is 30.9 Å². The highest BCUT2D eigenvalue weighted by atomic mass is 32.2. The number of rotatable bonds is 8. The number of para-hydroxylation sites is 1. The van der Waals surface area contributed by atoms with Gasteiger partial charge in [-0.25, -0.2) is 13.2 Å². The molecule has 1 aliphatic carbocycles. The normalized spacial score (nSPS) is 20.1. The van der Waals surface area contributed by atoms with Crippen molar-refractivity contribution in [2.45, 2.75) is 60.4 Å². The molecule has 3 aliphatic rings. The number of urea groups is 1. The molecular formula is C26H33N3O7S2. The van der Waals surface area contributed by atoms with Gasteiger partial charge in [-0.2, -0.15) is 8.42 Å². The molecule has 0 bridgehead atoms. The van der Waals surface area contributed by atoms with Crippen LogP contribution >= 0.6 is 0 Å². The van der Waals surface area contributed by atoms with Gasteiger partial charge in [0.25, 0.3) is 10.1 Å². The van der Waals surface area contributed by atoms with Crippen molar-refractivity contribution in [1.29, 1.82) is 0 Å². The first kappa shape index (κ1) is 26.9. The van der Waals surface area contributed by atoms with Gasteiger partial charge in [0, 0.05) is 31.5 Å². The minimum atomic E-state index is -4.49. The number of ether oxygens (including phenoxy) is 1. The van der Waals surface area contributed by atoms with Crippen LogP contribution in [0.15, 0.2) is 46.2 Å². The second-order valence-electron chi connectivity index (χ2n) is 10.5. The molecule has 2 amide bonds. The Morgan fingerprint density at radius 2 is 1.76 bits per heavy atom. The lowest BCUT2D eigenvalue weighted by atomic mass is 9.88. The standard InChI is InChI=1S/C26H33N3O7S2/c1-3-36-22-15-24(37(2,31)32)20(18-8-9-18)14-19(22)16-28-12-10-26(11-13-28)17-29(25(30)27-26)21-6-4-5-7-23(21)38(33,34)35/h4-7,14-15,18H,3,8-13,16-17H2,1-2H3,(H,27,30)(H,33,34,35). The van der Waals surface area contributed by atoms with E-state index >= 15 is 0 Å². The zero-order valence-corrected chi connectivity index (χ0v) is 23.1. The molecule has 2 aliphatic heterocycles. The summed E-state index contributed by atoms with van der Waals surface area (Å²) in [4.78, 5) is 16.6. The zero-order valence-electron chi connectivity index (χ0n) is 21.5. The topological polar surface area (TPSA) is 133 Å². The lowest BCUT2D eigenvalue weighted by Crippen LogP contribution is -2.52. The van der Waals surface area contributed by atoms with Gasteiger partial charge in [0.05, 0.1) is 29.3 Å². The highest BCUT2D eigenvalue weighted by Gasteiger charge is 2.46. The number of amides is 2. The average molecular weight is 564 g/mol. The van der Waals surface area contributed by atoms with Gasteiger partial charge in [-0.1, -0.05) is 12.1 Å². The molecular weight excluding hydrogens is 530 g/mol. The van der Waals surface area contributed by atoms with Crippen LogP contribution in [0.4, 0.5) is 10.5 Å². The first-order valence-corrected chi connectivity index (χ1v) is 16.1. The third kappa shape index (κ3) is 5.40. The first-order valence-electron chi connectivity index (χ1n) is 12.8. The summed E-state index contributed by atoms with van der Waals surface area (Å²) >= 11 is 0. The minimum absolute atomic E-state index is 0.159. The highest BCUT2D eigenvalue weighted by molar-refractivity contribution is 7.90. The van der Waals surface area contributed by atoms with Gasteiger partial charge in [-0.05, 0) is 68.4 Å². The number of nitrogens with zero attached hydrogens (tertiary/aromatic N) is 2. The molecule has 0 unspecified atom stereocenters. The summed E-state index contributed by atoms with van der Waals surface area (Å²) in [6, 6.07) is 9.22. The number of likely N-dealkylation sites (tertiary alicyclic amines) is 1. The van der Waals surface area contributed by atoms with Crippen molar-refractivity contribution in [1.82, 2.24) is 10.2 Å². The third-order valence-electron chi connectivity index (χ3n) is 7.63. The van der Waals surface area contributed by atoms with Crippen molar-refractivity contribution in [3.05, 3.63) is 47.5 Å². The van der Waals surface area contributed by atoms with E-state index < -0.39 is 31.5 Å². The Labute approximate surface area is 223 Å². The number of benzene rings is 2. The first-order chi connectivity index (χ1) is 17.9. The van der Waals surface area contributed by atoms with Crippen molar-refractivity contribution in [3.63, 3.8) is 0 Å². The predicted octanol–water partition coefficient (Wildman–Crippen LogP) is 3.18. The van der Waals surface area contributed by atoms with Crippen LogP contribution in [0.25, 0.3) is 0 Å². The number of piperidine rings is 1. The Morgan fingerprint density at radius 3 is 2.37 bits per heavy atom. The second-order valence-corrected chi connectivity index (χ2v) is 13.9. The SMILES string of the molecule is CCOc1cc(S(C)(=O)=O)c(C2CC2)cc1CN1CCC2(CC1)CN(c1ccccc1S(=O)(=O)O)C(=O)N2. The van der Waals surface area contributed by atoms with Gasteiger partial charge in [0.15, 0.2) is 9.84 Å². The summed E-state index contributed by atoms with van der Waals surface area (Å²) in [6.45, 7) is 4.56. The van der Waals surface area contributed by atoms with Crippen LogP contribution in [0.5, 0.6) is 5.75 Å². The predicted molar refractivity (Wildman–Crippen MR) is 142 cm³/mol. The van der Waals surface area contributed by atoms with Gasteiger partial charge < -0.3 is 10.1 Å². The van der Waals surface area contributed by atoms with Gasteiger partial charge in [-0.3, -0.25) is 14.4 Å². The zero-order chi connectivity index (χ0) is 27.3. The van der Waals surface area contributed by atoms with Crippen LogP contribution in [0.3, 0.4) is 0 Å². The van der Waals surface area contributed by atoms with E-state index in [4.69, 9.17) is 4.74 Å². The molecule has 10 nitrogen and oxygen atoms in total. The van der Waals surface area contributed by atoms with Crippen LogP contribution in [0.2, 0.25) is 0 Å². The molecule has 0 aromatic heterocycles. The molecule has 206 valence electrons. The van der Waals surface area contributed by atoms with Gasteiger partial charge in [0.1, 0.15) is 10.6 Å². The number of anilines is 1. The number of carbonyl (C=O) groups excluding carboxylic acids is 1. The average Bonchev–Trinajstić information content (AvgIpc) is 3.64. The molecule has 2 aromatic carbocycles. The fourth-order valence-electron chi connectivity index (χ4n) is 5.54. The molecule has 0 atom stereocenters. The number of sulfone groups is 1. The molecule has 5 rings (SSSR count). The van der Waals surface area contributed by atoms with Gasteiger partial charge >= 0.3 is 6.03 Å². The molecule has 1 spiro atoms. The van der Waals surface area contributed by atoms with E-state index in [9.17, 15) is 26.2 Å². The number of hydrogen-bond donors (Lipinski definition) is 2. The molecule has 2 saturated heterocycles.